The van der Waals surface area contributed by atoms with E-state index < -0.39 is 0 Å². The van der Waals surface area contributed by atoms with Crippen LogP contribution in [0, 0.1) is 0 Å². The molecule has 0 radical (unpaired) electrons. The van der Waals surface area contributed by atoms with Crippen LogP contribution in [0.15, 0.2) is 16.1 Å². The van der Waals surface area contributed by atoms with Gasteiger partial charge in [0.2, 0.25) is 0 Å². The fourth-order valence-electron chi connectivity index (χ4n) is 2.70. The summed E-state index contributed by atoms with van der Waals surface area (Å²) in [4.78, 5) is 26.6. The highest BCUT2D eigenvalue weighted by molar-refractivity contribution is 5.85. The summed E-state index contributed by atoms with van der Waals surface area (Å²) in [6, 6.07) is -0.120. The van der Waals surface area contributed by atoms with Crippen molar-refractivity contribution in [2.24, 2.45) is 4.99 Å². The topological polar surface area (TPSA) is 92.8 Å². The van der Waals surface area contributed by atoms with Gasteiger partial charge in [-0.05, 0) is 12.8 Å². The second-order valence-electron chi connectivity index (χ2n) is 5.43. The predicted molar refractivity (Wildman–Crippen MR) is 75.7 cm³/mol. The Labute approximate surface area is 122 Å². The first kappa shape index (κ1) is 14.2. The monoisotopic (exact) mass is 293 g/mol. The quantitative estimate of drug-likeness (QED) is 0.823. The minimum atomic E-state index is -0.378. The first-order chi connectivity index (χ1) is 10.2. The summed E-state index contributed by atoms with van der Waals surface area (Å²) in [5.41, 5.74) is -0.378. The summed E-state index contributed by atoms with van der Waals surface area (Å²) in [7, 11) is 1.97. The average molecular weight is 293 g/mol. The van der Waals surface area contributed by atoms with E-state index >= 15 is 0 Å². The molecule has 1 N–H and O–H groups in total. The van der Waals surface area contributed by atoms with Gasteiger partial charge in [0, 0.05) is 20.0 Å². The van der Waals surface area contributed by atoms with Crippen LogP contribution in [-0.2, 0) is 4.74 Å². The molecule has 2 fully saturated rings. The van der Waals surface area contributed by atoms with E-state index in [-0.39, 0.29) is 30.4 Å². The lowest BCUT2D eigenvalue weighted by Gasteiger charge is -2.12. The fraction of sp³-hybridized carbons (Fsp3) is 0.692. The molecule has 3 heterocycles. The molecule has 0 aromatic carbocycles. The van der Waals surface area contributed by atoms with Crippen LogP contribution in [0.4, 0.5) is 5.95 Å². The summed E-state index contributed by atoms with van der Waals surface area (Å²) in [6.07, 6.45) is 3.80. The van der Waals surface area contributed by atoms with Crippen molar-refractivity contribution in [2.45, 2.75) is 31.4 Å². The zero-order chi connectivity index (χ0) is 14.8. The van der Waals surface area contributed by atoms with Crippen LogP contribution in [0.1, 0.15) is 25.3 Å². The van der Waals surface area contributed by atoms with Gasteiger partial charge in [-0.25, -0.2) is 9.78 Å². The van der Waals surface area contributed by atoms with Crippen LogP contribution < -0.4 is 5.69 Å². The molecule has 0 unspecified atom stereocenters. The van der Waals surface area contributed by atoms with E-state index in [0.717, 1.165) is 25.2 Å². The molecule has 21 heavy (non-hydrogen) atoms. The van der Waals surface area contributed by atoms with Crippen molar-refractivity contribution < 1.29 is 9.84 Å². The second-order valence-corrected chi connectivity index (χ2v) is 5.43. The zero-order valence-corrected chi connectivity index (χ0v) is 12.0. The number of rotatable bonds is 3. The number of aliphatic imine (C=N–C) groups is 1. The maximum absolute atomic E-state index is 12.1. The SMILES string of the molecule is CN1CCC/C1=N/c1ncn([C@@H]2CO[C@H](CO)C2)c(=O)n1. The first-order valence-electron chi connectivity index (χ1n) is 7.13. The molecule has 2 atom stereocenters. The van der Waals surface area contributed by atoms with Gasteiger partial charge in [0.05, 0.1) is 25.4 Å². The summed E-state index contributed by atoms with van der Waals surface area (Å²) in [6.45, 7) is 1.33. The lowest BCUT2D eigenvalue weighted by molar-refractivity contribution is 0.0574. The van der Waals surface area contributed by atoms with E-state index in [1.165, 1.54) is 10.9 Å². The van der Waals surface area contributed by atoms with E-state index in [9.17, 15) is 4.79 Å². The van der Waals surface area contributed by atoms with Crippen molar-refractivity contribution in [1.82, 2.24) is 19.4 Å². The molecule has 3 rings (SSSR count). The third kappa shape index (κ3) is 2.96. The Kier molecular flexibility index (Phi) is 3.98. The molecule has 0 bridgehead atoms. The van der Waals surface area contributed by atoms with Gasteiger partial charge in [0.1, 0.15) is 12.2 Å². The van der Waals surface area contributed by atoms with Crippen molar-refractivity contribution in [3.8, 4) is 0 Å². The second kappa shape index (κ2) is 5.90. The van der Waals surface area contributed by atoms with Gasteiger partial charge < -0.3 is 14.7 Å². The summed E-state index contributed by atoms with van der Waals surface area (Å²) >= 11 is 0. The van der Waals surface area contributed by atoms with E-state index in [0.29, 0.717) is 13.0 Å². The number of hydrogen-bond acceptors (Lipinski definition) is 6. The van der Waals surface area contributed by atoms with Gasteiger partial charge in [-0.3, -0.25) is 4.57 Å². The molecule has 1 aromatic heterocycles. The standard InChI is InChI=1S/C13H19N5O3/c1-17-4-2-3-11(17)15-12-14-8-18(13(20)16-12)9-5-10(6-19)21-7-9/h8-10,19H,2-7H2,1H3/b15-11-/t9-,10-/m0/s1. The number of ether oxygens (including phenoxy) is 1. The van der Waals surface area contributed by atoms with Gasteiger partial charge in [-0.15, -0.1) is 0 Å². The maximum atomic E-state index is 12.1. The number of amidine groups is 1. The summed E-state index contributed by atoms with van der Waals surface area (Å²) in [5, 5.41) is 9.06. The normalized spacial score (nSPS) is 27.7. The highest BCUT2D eigenvalue weighted by atomic mass is 16.5. The zero-order valence-electron chi connectivity index (χ0n) is 12.0. The molecular formula is C13H19N5O3. The molecule has 2 aliphatic rings. The highest BCUT2D eigenvalue weighted by Gasteiger charge is 2.27. The Balaban J connectivity index is 1.79. The van der Waals surface area contributed by atoms with Crippen LogP contribution in [0.2, 0.25) is 0 Å². The largest absolute Gasteiger partial charge is 0.394 e. The fourth-order valence-corrected chi connectivity index (χ4v) is 2.70. The van der Waals surface area contributed by atoms with Gasteiger partial charge in [0.25, 0.3) is 5.95 Å². The lowest BCUT2D eigenvalue weighted by Crippen LogP contribution is -2.28. The van der Waals surface area contributed by atoms with Gasteiger partial charge in [-0.2, -0.15) is 9.98 Å². The number of aliphatic hydroxyl groups excluding tert-OH is 1. The van der Waals surface area contributed by atoms with Crippen molar-refractivity contribution >= 4 is 11.8 Å². The van der Waals surface area contributed by atoms with Crippen molar-refractivity contribution in [2.75, 3.05) is 26.8 Å². The molecule has 1 aromatic rings. The number of nitrogens with zero attached hydrogens (tertiary/aromatic N) is 5. The van der Waals surface area contributed by atoms with E-state index in [4.69, 9.17) is 9.84 Å². The van der Waals surface area contributed by atoms with Crippen LogP contribution in [0.25, 0.3) is 0 Å². The van der Waals surface area contributed by atoms with Crippen molar-refractivity contribution in [3.05, 3.63) is 16.8 Å². The average Bonchev–Trinajstić information content (AvgIpc) is 3.09. The Bertz CT molecular complexity index is 600. The third-order valence-corrected chi connectivity index (χ3v) is 3.93. The summed E-state index contributed by atoms with van der Waals surface area (Å²) < 4.78 is 6.83. The molecule has 8 nitrogen and oxygen atoms in total. The predicted octanol–water partition coefficient (Wildman–Crippen LogP) is -0.284. The van der Waals surface area contributed by atoms with Crippen LogP contribution in [-0.4, -0.2) is 63.3 Å². The Morgan fingerprint density at radius 1 is 1.57 bits per heavy atom. The Morgan fingerprint density at radius 2 is 2.43 bits per heavy atom. The van der Waals surface area contributed by atoms with Gasteiger partial charge in [0.15, 0.2) is 0 Å². The molecular weight excluding hydrogens is 274 g/mol. The van der Waals surface area contributed by atoms with E-state index in [1.54, 1.807) is 0 Å². The minimum absolute atomic E-state index is 0.0375. The molecule has 114 valence electrons. The molecule has 2 saturated heterocycles. The molecule has 8 heteroatoms. The van der Waals surface area contributed by atoms with Crippen LogP contribution in [0.3, 0.4) is 0 Å². The summed E-state index contributed by atoms with van der Waals surface area (Å²) in [5.74, 6) is 1.12. The first-order valence-corrected chi connectivity index (χ1v) is 7.13. The molecule has 0 amide bonds. The van der Waals surface area contributed by atoms with Crippen LogP contribution >= 0.6 is 0 Å². The highest BCUT2D eigenvalue weighted by Crippen LogP contribution is 2.22. The molecule has 0 spiro atoms. The van der Waals surface area contributed by atoms with Gasteiger partial charge in [-0.1, -0.05) is 0 Å². The third-order valence-electron chi connectivity index (χ3n) is 3.93. The lowest BCUT2D eigenvalue weighted by atomic mass is 10.2. The molecule has 0 aliphatic carbocycles. The maximum Gasteiger partial charge on any atom is 0.352 e. The molecule has 2 aliphatic heterocycles. The van der Waals surface area contributed by atoms with Crippen molar-refractivity contribution in [1.29, 1.82) is 0 Å². The van der Waals surface area contributed by atoms with Crippen molar-refractivity contribution in [3.63, 3.8) is 0 Å². The van der Waals surface area contributed by atoms with E-state index in [1.807, 2.05) is 11.9 Å². The number of likely N-dealkylation sites (tertiary alicyclic amines) is 1. The number of hydrogen-bond donors (Lipinski definition) is 1. The molecule has 0 saturated carbocycles. The number of aromatic nitrogens is 3. The minimum Gasteiger partial charge on any atom is -0.394 e. The van der Waals surface area contributed by atoms with Gasteiger partial charge >= 0.3 is 5.69 Å². The smallest absolute Gasteiger partial charge is 0.352 e. The van der Waals surface area contributed by atoms with E-state index in [2.05, 4.69) is 15.0 Å². The Morgan fingerprint density at radius 3 is 3.05 bits per heavy atom. The number of aliphatic hydroxyl groups is 1. The van der Waals surface area contributed by atoms with Crippen LogP contribution in [0.5, 0.6) is 0 Å². The Hall–Kier alpha value is -1.80.